The Morgan fingerprint density at radius 1 is 1.30 bits per heavy atom. The van der Waals surface area contributed by atoms with Crippen molar-refractivity contribution in [3.63, 3.8) is 0 Å². The van der Waals surface area contributed by atoms with E-state index in [0.717, 1.165) is 25.0 Å². The van der Waals surface area contributed by atoms with Gasteiger partial charge >= 0.3 is 6.09 Å². The Bertz CT molecular complexity index is 569. The van der Waals surface area contributed by atoms with Crippen molar-refractivity contribution in [1.29, 1.82) is 5.26 Å². The maximum Gasteiger partial charge on any atom is 0.407 e. The number of hydrogen-bond acceptors (Lipinski definition) is 4. The van der Waals surface area contributed by atoms with Crippen LogP contribution in [0.1, 0.15) is 45.6 Å². The molecular formula is C18H24N2O3. The summed E-state index contributed by atoms with van der Waals surface area (Å²) in [5.41, 5.74) is 0.153. The number of carbonyl (C=O) groups is 1. The van der Waals surface area contributed by atoms with Gasteiger partial charge in [0.05, 0.1) is 18.2 Å². The molecule has 1 saturated carbocycles. The Kier molecular flexibility index (Phi) is 5.49. The second-order valence-electron chi connectivity index (χ2n) is 6.97. The molecule has 5 heteroatoms. The summed E-state index contributed by atoms with van der Waals surface area (Å²) < 4.78 is 11.0. The molecule has 124 valence electrons. The maximum atomic E-state index is 11.8. The summed E-state index contributed by atoms with van der Waals surface area (Å²) in [7, 11) is 0. The molecule has 0 saturated heterocycles. The minimum absolute atomic E-state index is 0.152. The van der Waals surface area contributed by atoms with Crippen molar-refractivity contribution >= 4 is 6.09 Å². The van der Waals surface area contributed by atoms with Gasteiger partial charge in [0, 0.05) is 6.04 Å². The molecule has 0 bridgehead atoms. The zero-order valence-corrected chi connectivity index (χ0v) is 14.0. The number of nitriles is 1. The lowest BCUT2D eigenvalue weighted by molar-refractivity contribution is 0.0504. The van der Waals surface area contributed by atoms with Gasteiger partial charge in [0.25, 0.3) is 0 Å². The Hall–Kier alpha value is -2.22. The van der Waals surface area contributed by atoms with E-state index >= 15 is 0 Å². The Morgan fingerprint density at radius 2 is 2.00 bits per heavy atom. The molecule has 2 atom stereocenters. The first kappa shape index (κ1) is 17.1. The van der Waals surface area contributed by atoms with Crippen LogP contribution >= 0.6 is 0 Å². The van der Waals surface area contributed by atoms with E-state index in [1.54, 1.807) is 12.1 Å². The lowest BCUT2D eigenvalue weighted by Gasteiger charge is -2.21. The van der Waals surface area contributed by atoms with Crippen molar-refractivity contribution in [1.82, 2.24) is 5.32 Å². The highest BCUT2D eigenvalue weighted by Crippen LogP contribution is 2.27. The lowest BCUT2D eigenvalue weighted by Crippen LogP contribution is -2.38. The first-order valence-electron chi connectivity index (χ1n) is 7.98. The zero-order valence-electron chi connectivity index (χ0n) is 14.0. The fourth-order valence-corrected chi connectivity index (χ4v) is 2.67. The SMILES string of the molecule is CC(C)(C)OC(=O)N[C@H]1CC[C@@H](COc2ccc(C#N)cc2)C1. The van der Waals surface area contributed by atoms with Gasteiger partial charge in [0.15, 0.2) is 0 Å². The van der Waals surface area contributed by atoms with E-state index in [1.807, 2.05) is 32.9 Å². The molecule has 5 nitrogen and oxygen atoms in total. The highest BCUT2D eigenvalue weighted by Gasteiger charge is 2.28. The summed E-state index contributed by atoms with van der Waals surface area (Å²) in [5.74, 6) is 1.19. The van der Waals surface area contributed by atoms with Crippen LogP contribution in [0.25, 0.3) is 0 Å². The smallest absolute Gasteiger partial charge is 0.407 e. The second-order valence-corrected chi connectivity index (χ2v) is 6.97. The molecule has 0 radical (unpaired) electrons. The number of benzene rings is 1. The second kappa shape index (κ2) is 7.36. The van der Waals surface area contributed by atoms with Gasteiger partial charge in [0.1, 0.15) is 11.4 Å². The van der Waals surface area contributed by atoms with Crippen LogP contribution < -0.4 is 10.1 Å². The van der Waals surface area contributed by atoms with E-state index in [4.69, 9.17) is 14.7 Å². The van der Waals surface area contributed by atoms with E-state index in [2.05, 4.69) is 11.4 Å². The van der Waals surface area contributed by atoms with Crippen molar-refractivity contribution in [2.75, 3.05) is 6.61 Å². The highest BCUT2D eigenvalue weighted by molar-refractivity contribution is 5.68. The molecule has 0 aliphatic heterocycles. The summed E-state index contributed by atoms with van der Waals surface area (Å²) in [6, 6.07) is 9.35. The van der Waals surface area contributed by atoms with Crippen molar-refractivity contribution in [2.24, 2.45) is 5.92 Å². The number of rotatable bonds is 4. The summed E-state index contributed by atoms with van der Waals surface area (Å²) in [5, 5.41) is 11.7. The molecule has 0 unspecified atom stereocenters. The number of nitrogens with zero attached hydrogens (tertiary/aromatic N) is 1. The van der Waals surface area contributed by atoms with E-state index in [1.165, 1.54) is 0 Å². The first-order valence-corrected chi connectivity index (χ1v) is 7.98. The summed E-state index contributed by atoms with van der Waals surface area (Å²) in [6.45, 7) is 6.19. The number of amides is 1. The summed E-state index contributed by atoms with van der Waals surface area (Å²) in [4.78, 5) is 11.8. The Morgan fingerprint density at radius 3 is 2.61 bits per heavy atom. The van der Waals surface area contributed by atoms with Crippen LogP contribution in [-0.2, 0) is 4.74 Å². The average molecular weight is 316 g/mol. The van der Waals surface area contributed by atoms with Crippen LogP contribution in [0.15, 0.2) is 24.3 Å². The molecule has 0 spiro atoms. The van der Waals surface area contributed by atoms with Gasteiger partial charge in [-0.2, -0.15) is 5.26 Å². The zero-order chi connectivity index (χ0) is 16.9. The topological polar surface area (TPSA) is 71.3 Å². The molecular weight excluding hydrogens is 292 g/mol. The van der Waals surface area contributed by atoms with Gasteiger partial charge in [-0.15, -0.1) is 0 Å². The molecule has 23 heavy (non-hydrogen) atoms. The predicted octanol–water partition coefficient (Wildman–Crippen LogP) is 3.63. The maximum absolute atomic E-state index is 11.8. The number of carbonyl (C=O) groups excluding carboxylic acids is 1. The Labute approximate surface area is 137 Å². The van der Waals surface area contributed by atoms with E-state index in [-0.39, 0.29) is 12.1 Å². The molecule has 1 aromatic rings. The van der Waals surface area contributed by atoms with E-state index in [9.17, 15) is 4.79 Å². The van der Waals surface area contributed by atoms with Crippen LogP contribution in [-0.4, -0.2) is 24.3 Å². The number of hydrogen-bond donors (Lipinski definition) is 1. The van der Waals surface area contributed by atoms with Gasteiger partial charge in [0.2, 0.25) is 0 Å². The molecule has 1 aliphatic rings. The number of nitrogens with one attached hydrogen (secondary N) is 1. The van der Waals surface area contributed by atoms with Gasteiger partial charge in [-0.05, 0) is 70.2 Å². The monoisotopic (exact) mass is 316 g/mol. The van der Waals surface area contributed by atoms with Gasteiger partial charge in [-0.3, -0.25) is 0 Å². The summed E-state index contributed by atoms with van der Waals surface area (Å²) >= 11 is 0. The van der Waals surface area contributed by atoms with E-state index < -0.39 is 5.60 Å². The molecule has 0 aromatic heterocycles. The van der Waals surface area contributed by atoms with Crippen molar-refractivity contribution in [2.45, 2.75) is 51.7 Å². The van der Waals surface area contributed by atoms with Crippen LogP contribution in [0.4, 0.5) is 4.79 Å². The third-order valence-corrected chi connectivity index (χ3v) is 3.73. The largest absolute Gasteiger partial charge is 0.493 e. The molecule has 0 heterocycles. The minimum atomic E-state index is -0.471. The van der Waals surface area contributed by atoms with Gasteiger partial charge < -0.3 is 14.8 Å². The van der Waals surface area contributed by atoms with Crippen LogP contribution in [0, 0.1) is 17.2 Å². The highest BCUT2D eigenvalue weighted by atomic mass is 16.6. The quantitative estimate of drug-likeness (QED) is 0.920. The number of alkyl carbamates (subject to hydrolysis) is 1. The standard InChI is InChI=1S/C18H24N2O3/c1-18(2,3)23-17(21)20-15-7-4-14(10-15)12-22-16-8-5-13(11-19)6-9-16/h5-6,8-9,14-15H,4,7,10,12H2,1-3H3,(H,20,21)/t14-,15+/m1/s1. The molecule has 2 rings (SSSR count). The fraction of sp³-hybridized carbons (Fsp3) is 0.556. The first-order chi connectivity index (χ1) is 10.9. The minimum Gasteiger partial charge on any atom is -0.493 e. The Balaban J connectivity index is 1.73. The molecule has 1 fully saturated rings. The third-order valence-electron chi connectivity index (χ3n) is 3.73. The molecule has 1 aliphatic carbocycles. The molecule has 1 N–H and O–H groups in total. The van der Waals surface area contributed by atoms with Gasteiger partial charge in [-0.1, -0.05) is 0 Å². The van der Waals surface area contributed by atoms with Crippen LogP contribution in [0.2, 0.25) is 0 Å². The summed E-state index contributed by atoms with van der Waals surface area (Å²) in [6.07, 6.45) is 2.52. The van der Waals surface area contributed by atoms with Crippen LogP contribution in [0.5, 0.6) is 5.75 Å². The normalized spacial score (nSPS) is 20.6. The third kappa shape index (κ3) is 5.82. The molecule has 1 aromatic carbocycles. The van der Waals surface area contributed by atoms with Crippen LogP contribution in [0.3, 0.4) is 0 Å². The van der Waals surface area contributed by atoms with Crippen molar-refractivity contribution < 1.29 is 14.3 Å². The van der Waals surface area contributed by atoms with Crippen molar-refractivity contribution in [3.05, 3.63) is 29.8 Å². The van der Waals surface area contributed by atoms with Gasteiger partial charge in [-0.25, -0.2) is 4.79 Å². The van der Waals surface area contributed by atoms with E-state index in [0.29, 0.717) is 18.1 Å². The predicted molar refractivity (Wildman–Crippen MR) is 87.2 cm³/mol. The molecule has 1 amide bonds. The average Bonchev–Trinajstić information content (AvgIpc) is 2.91. The van der Waals surface area contributed by atoms with Crippen molar-refractivity contribution in [3.8, 4) is 11.8 Å². The number of ether oxygens (including phenoxy) is 2. The fourth-order valence-electron chi connectivity index (χ4n) is 2.67. The lowest BCUT2D eigenvalue weighted by atomic mass is 10.1.